The number of nitrogens with zero attached hydrogens (tertiary/aromatic N) is 1. The summed E-state index contributed by atoms with van der Waals surface area (Å²) >= 11 is 0. The van der Waals surface area contributed by atoms with Gasteiger partial charge in [0.15, 0.2) is 0 Å². The molecule has 0 spiro atoms. The first-order valence-corrected chi connectivity index (χ1v) is 9.11. The average Bonchev–Trinajstić information content (AvgIpc) is 3.12. The second-order valence-corrected chi connectivity index (χ2v) is 6.90. The van der Waals surface area contributed by atoms with Crippen LogP contribution >= 0.6 is 0 Å². The number of carbonyl (C=O) groups excluding carboxylic acids is 1. The molecule has 2 N–H and O–H groups in total. The van der Waals surface area contributed by atoms with Gasteiger partial charge in [-0.3, -0.25) is 9.69 Å². The van der Waals surface area contributed by atoms with Gasteiger partial charge in [0.25, 0.3) is 0 Å². The van der Waals surface area contributed by atoms with Crippen LogP contribution in [0.3, 0.4) is 0 Å². The van der Waals surface area contributed by atoms with Crippen LogP contribution in [-0.4, -0.2) is 56.2 Å². The highest BCUT2D eigenvalue weighted by molar-refractivity contribution is 5.76. The fraction of sp³-hybridized carbons (Fsp3) is 0.632. The lowest BCUT2D eigenvalue weighted by Gasteiger charge is -2.29. The van der Waals surface area contributed by atoms with Crippen LogP contribution in [0.2, 0.25) is 0 Å². The molecule has 24 heavy (non-hydrogen) atoms. The SMILES string of the molecule is Cc1ccc(C(CNC(=O)CC2COCCN2)N2CCCC2)cc1. The third-order valence-corrected chi connectivity index (χ3v) is 4.97. The van der Waals surface area contributed by atoms with Crippen LogP contribution in [-0.2, 0) is 9.53 Å². The molecule has 1 amide bonds. The number of amides is 1. The minimum absolute atomic E-state index is 0.106. The minimum Gasteiger partial charge on any atom is -0.378 e. The van der Waals surface area contributed by atoms with Gasteiger partial charge < -0.3 is 15.4 Å². The Morgan fingerprint density at radius 2 is 2.08 bits per heavy atom. The predicted octanol–water partition coefficient (Wildman–Crippen LogP) is 1.63. The Kier molecular flexibility index (Phi) is 6.24. The summed E-state index contributed by atoms with van der Waals surface area (Å²) in [7, 11) is 0. The number of rotatable bonds is 6. The Morgan fingerprint density at radius 1 is 1.33 bits per heavy atom. The fourth-order valence-electron chi connectivity index (χ4n) is 3.56. The molecule has 0 bridgehead atoms. The molecule has 0 saturated carbocycles. The van der Waals surface area contributed by atoms with Crippen molar-refractivity contribution in [1.82, 2.24) is 15.5 Å². The molecule has 2 unspecified atom stereocenters. The largest absolute Gasteiger partial charge is 0.378 e. The summed E-state index contributed by atoms with van der Waals surface area (Å²) in [5.74, 6) is 0.106. The van der Waals surface area contributed by atoms with Gasteiger partial charge in [-0.2, -0.15) is 0 Å². The normalized spacial score (nSPS) is 23.1. The van der Waals surface area contributed by atoms with Gasteiger partial charge in [-0.05, 0) is 38.4 Å². The van der Waals surface area contributed by atoms with E-state index < -0.39 is 0 Å². The molecule has 0 aliphatic carbocycles. The van der Waals surface area contributed by atoms with Crippen molar-refractivity contribution >= 4 is 5.91 Å². The molecule has 5 nitrogen and oxygen atoms in total. The number of ether oxygens (including phenoxy) is 1. The lowest BCUT2D eigenvalue weighted by molar-refractivity contribution is -0.122. The number of nitrogens with one attached hydrogen (secondary N) is 2. The smallest absolute Gasteiger partial charge is 0.221 e. The number of morpholine rings is 1. The van der Waals surface area contributed by atoms with Gasteiger partial charge in [-0.25, -0.2) is 0 Å². The van der Waals surface area contributed by atoms with E-state index in [4.69, 9.17) is 4.74 Å². The van der Waals surface area contributed by atoms with E-state index >= 15 is 0 Å². The van der Waals surface area contributed by atoms with Gasteiger partial charge in [0, 0.05) is 25.6 Å². The molecule has 0 radical (unpaired) electrons. The standard InChI is InChI=1S/C19H29N3O2/c1-15-4-6-16(7-5-15)18(22-9-2-3-10-22)13-21-19(23)12-17-14-24-11-8-20-17/h4-7,17-18,20H,2-3,8-14H2,1H3,(H,21,23). The van der Waals surface area contributed by atoms with Crippen molar-refractivity contribution in [1.29, 1.82) is 0 Å². The second kappa shape index (κ2) is 8.60. The Balaban J connectivity index is 1.57. The number of aryl methyl sites for hydroxylation is 1. The molecule has 3 rings (SSSR count). The van der Waals surface area contributed by atoms with E-state index in [1.54, 1.807) is 0 Å². The number of benzene rings is 1. The van der Waals surface area contributed by atoms with E-state index in [1.165, 1.54) is 24.0 Å². The first-order chi connectivity index (χ1) is 11.7. The van der Waals surface area contributed by atoms with Crippen LogP contribution in [0.5, 0.6) is 0 Å². The lowest BCUT2D eigenvalue weighted by atomic mass is 10.0. The highest BCUT2D eigenvalue weighted by atomic mass is 16.5. The highest BCUT2D eigenvalue weighted by Gasteiger charge is 2.24. The number of likely N-dealkylation sites (tertiary alicyclic amines) is 1. The molecule has 1 aromatic carbocycles. The van der Waals surface area contributed by atoms with Gasteiger partial charge in [0.1, 0.15) is 0 Å². The first-order valence-electron chi connectivity index (χ1n) is 9.11. The predicted molar refractivity (Wildman–Crippen MR) is 95.0 cm³/mol. The maximum atomic E-state index is 12.3. The third-order valence-electron chi connectivity index (χ3n) is 4.97. The number of hydrogen-bond donors (Lipinski definition) is 2. The molecule has 2 aliphatic rings. The third kappa shape index (κ3) is 4.79. The summed E-state index contributed by atoms with van der Waals surface area (Å²) in [5.41, 5.74) is 2.56. The summed E-state index contributed by atoms with van der Waals surface area (Å²) in [4.78, 5) is 14.8. The Labute approximate surface area is 144 Å². The zero-order valence-corrected chi connectivity index (χ0v) is 14.6. The lowest BCUT2D eigenvalue weighted by Crippen LogP contribution is -2.45. The Hall–Kier alpha value is -1.43. The van der Waals surface area contributed by atoms with E-state index in [0.29, 0.717) is 19.6 Å². The molecule has 2 fully saturated rings. The highest BCUT2D eigenvalue weighted by Crippen LogP contribution is 2.25. The van der Waals surface area contributed by atoms with Crippen LogP contribution in [0.4, 0.5) is 0 Å². The van der Waals surface area contributed by atoms with Crippen LogP contribution in [0.15, 0.2) is 24.3 Å². The van der Waals surface area contributed by atoms with Crippen LogP contribution < -0.4 is 10.6 Å². The summed E-state index contributed by atoms with van der Waals surface area (Å²) in [6, 6.07) is 9.12. The molecule has 2 atom stereocenters. The van der Waals surface area contributed by atoms with E-state index in [2.05, 4.69) is 46.7 Å². The first kappa shape index (κ1) is 17.4. The van der Waals surface area contributed by atoms with E-state index in [1.807, 2.05) is 0 Å². The zero-order valence-electron chi connectivity index (χ0n) is 14.6. The number of carbonyl (C=O) groups is 1. The number of hydrogen-bond acceptors (Lipinski definition) is 4. The van der Waals surface area contributed by atoms with Crippen molar-refractivity contribution in [3.8, 4) is 0 Å². The van der Waals surface area contributed by atoms with Crippen LogP contribution in [0.1, 0.15) is 36.4 Å². The summed E-state index contributed by atoms with van der Waals surface area (Å²) in [6.07, 6.45) is 2.99. The van der Waals surface area contributed by atoms with Gasteiger partial charge >= 0.3 is 0 Å². The molecular formula is C19H29N3O2. The fourth-order valence-corrected chi connectivity index (χ4v) is 3.56. The zero-order chi connectivity index (χ0) is 16.8. The van der Waals surface area contributed by atoms with Crippen molar-refractivity contribution in [2.45, 2.75) is 38.3 Å². The van der Waals surface area contributed by atoms with Crippen molar-refractivity contribution in [3.05, 3.63) is 35.4 Å². The van der Waals surface area contributed by atoms with E-state index in [-0.39, 0.29) is 18.0 Å². The Bertz CT molecular complexity index is 520. The molecule has 132 valence electrons. The Morgan fingerprint density at radius 3 is 2.75 bits per heavy atom. The molecule has 2 saturated heterocycles. The van der Waals surface area contributed by atoms with E-state index in [9.17, 15) is 4.79 Å². The summed E-state index contributed by atoms with van der Waals surface area (Å²) < 4.78 is 5.42. The molecular weight excluding hydrogens is 302 g/mol. The average molecular weight is 331 g/mol. The van der Waals surface area contributed by atoms with Crippen molar-refractivity contribution < 1.29 is 9.53 Å². The van der Waals surface area contributed by atoms with Gasteiger partial charge in [0.05, 0.1) is 19.3 Å². The molecule has 0 aromatic heterocycles. The van der Waals surface area contributed by atoms with E-state index in [0.717, 1.165) is 26.2 Å². The van der Waals surface area contributed by atoms with Crippen LogP contribution in [0.25, 0.3) is 0 Å². The molecule has 1 aromatic rings. The monoisotopic (exact) mass is 331 g/mol. The van der Waals surface area contributed by atoms with Gasteiger partial charge in [0.2, 0.25) is 5.91 Å². The van der Waals surface area contributed by atoms with Gasteiger partial charge in [-0.1, -0.05) is 29.8 Å². The van der Waals surface area contributed by atoms with Crippen molar-refractivity contribution in [2.75, 3.05) is 39.4 Å². The van der Waals surface area contributed by atoms with Gasteiger partial charge in [-0.15, -0.1) is 0 Å². The maximum Gasteiger partial charge on any atom is 0.221 e. The maximum absolute atomic E-state index is 12.3. The quantitative estimate of drug-likeness (QED) is 0.832. The topological polar surface area (TPSA) is 53.6 Å². The van der Waals surface area contributed by atoms with Crippen molar-refractivity contribution in [3.63, 3.8) is 0 Å². The van der Waals surface area contributed by atoms with Crippen molar-refractivity contribution in [2.24, 2.45) is 0 Å². The summed E-state index contributed by atoms with van der Waals surface area (Å²) in [5, 5.41) is 6.48. The molecule has 2 heterocycles. The van der Waals surface area contributed by atoms with Crippen LogP contribution in [0, 0.1) is 6.92 Å². The molecule has 2 aliphatic heterocycles. The second-order valence-electron chi connectivity index (χ2n) is 6.90. The molecule has 5 heteroatoms. The minimum atomic E-state index is 0.106. The summed E-state index contributed by atoms with van der Waals surface area (Å²) in [6.45, 7) is 7.21.